The Balaban J connectivity index is 2.93. The largest absolute Gasteiger partial charge is 0.466 e. The van der Waals surface area contributed by atoms with Gasteiger partial charge in [-0.3, -0.25) is 0 Å². The lowest BCUT2D eigenvalue weighted by atomic mass is 10.3. The topological polar surface area (TPSA) is 41.3 Å². The number of nitriles is 1. The van der Waals surface area contributed by atoms with Crippen molar-refractivity contribution in [1.82, 2.24) is 0 Å². The highest BCUT2D eigenvalue weighted by atomic mass is 16.3. The summed E-state index contributed by atoms with van der Waals surface area (Å²) in [4.78, 5) is 2.97. The summed E-state index contributed by atoms with van der Waals surface area (Å²) in [6, 6.07) is 5.12. The fourth-order valence-corrected chi connectivity index (χ4v) is 0.598. The Bertz CT molecular complexity index is 319. The fourth-order valence-electron chi connectivity index (χ4n) is 0.598. The molecule has 0 bridgehead atoms. The van der Waals surface area contributed by atoms with Crippen LogP contribution in [0.25, 0.3) is 10.9 Å². The van der Waals surface area contributed by atoms with Crippen molar-refractivity contribution in [2.45, 2.75) is 0 Å². The number of allylic oxidation sites excluding steroid dienone is 1. The zero-order chi connectivity index (χ0) is 8.10. The van der Waals surface area contributed by atoms with E-state index in [9.17, 15) is 0 Å². The van der Waals surface area contributed by atoms with Crippen LogP contribution in [-0.2, 0) is 0 Å². The van der Waals surface area contributed by atoms with Crippen molar-refractivity contribution in [3.05, 3.63) is 41.3 Å². The summed E-state index contributed by atoms with van der Waals surface area (Å²) in [5.41, 5.74) is 0.0277. The van der Waals surface area contributed by atoms with Gasteiger partial charge < -0.3 is 4.42 Å². The highest BCUT2D eigenvalue weighted by Crippen LogP contribution is 2.06. The van der Waals surface area contributed by atoms with Gasteiger partial charge in [0, 0.05) is 0 Å². The molecule has 52 valence electrons. The predicted molar refractivity (Wildman–Crippen MR) is 38.9 cm³/mol. The summed E-state index contributed by atoms with van der Waals surface area (Å²) >= 11 is 0. The smallest absolute Gasteiger partial charge is 0.265 e. The molecule has 3 nitrogen and oxygen atoms in total. The predicted octanol–water partition coefficient (Wildman–Crippen LogP) is 2.06. The molecule has 0 aromatic carbocycles. The summed E-state index contributed by atoms with van der Waals surface area (Å²) < 4.78 is 4.90. The van der Waals surface area contributed by atoms with Gasteiger partial charge in [0.05, 0.1) is 18.9 Å². The number of hydrogen-bond donors (Lipinski definition) is 0. The van der Waals surface area contributed by atoms with Crippen LogP contribution in [-0.4, -0.2) is 0 Å². The molecule has 0 radical (unpaired) electrons. The van der Waals surface area contributed by atoms with E-state index in [0.29, 0.717) is 5.76 Å². The molecule has 0 unspecified atom stereocenters. The SMILES string of the molecule is [C-]#[N+]/C(C#N)=C\c1ccco1. The summed E-state index contributed by atoms with van der Waals surface area (Å²) in [7, 11) is 0. The third kappa shape index (κ3) is 1.70. The van der Waals surface area contributed by atoms with Gasteiger partial charge in [0.1, 0.15) is 5.76 Å². The normalized spacial score (nSPS) is 10.2. The Labute approximate surface area is 64.0 Å². The summed E-state index contributed by atoms with van der Waals surface area (Å²) in [5.74, 6) is 0.526. The van der Waals surface area contributed by atoms with E-state index in [1.54, 1.807) is 18.2 Å². The first-order valence-corrected chi connectivity index (χ1v) is 2.89. The van der Waals surface area contributed by atoms with E-state index in [-0.39, 0.29) is 5.70 Å². The quantitative estimate of drug-likeness (QED) is 0.447. The molecule has 11 heavy (non-hydrogen) atoms. The highest BCUT2D eigenvalue weighted by Gasteiger charge is 1.94. The third-order valence-electron chi connectivity index (χ3n) is 1.06. The van der Waals surface area contributed by atoms with Crippen molar-refractivity contribution in [2.75, 3.05) is 0 Å². The second-order valence-corrected chi connectivity index (χ2v) is 1.77. The van der Waals surface area contributed by atoms with Crippen molar-refractivity contribution >= 4 is 6.08 Å². The molecule has 1 aromatic rings. The maximum atomic E-state index is 8.35. The van der Waals surface area contributed by atoms with E-state index in [1.807, 2.05) is 0 Å². The molecule has 0 spiro atoms. The van der Waals surface area contributed by atoms with Gasteiger partial charge in [-0.25, -0.2) is 10.1 Å². The lowest BCUT2D eigenvalue weighted by Crippen LogP contribution is -1.66. The van der Waals surface area contributed by atoms with Gasteiger partial charge in [-0.1, -0.05) is 0 Å². The van der Waals surface area contributed by atoms with Crippen molar-refractivity contribution in [1.29, 1.82) is 5.26 Å². The summed E-state index contributed by atoms with van der Waals surface area (Å²) in [6.07, 6.45) is 2.89. The summed E-state index contributed by atoms with van der Waals surface area (Å²) in [5, 5.41) is 8.35. The molecule has 0 fully saturated rings. The summed E-state index contributed by atoms with van der Waals surface area (Å²) in [6.45, 7) is 6.55. The molecule has 0 amide bonds. The maximum absolute atomic E-state index is 8.35. The van der Waals surface area contributed by atoms with Crippen LogP contribution in [0.4, 0.5) is 0 Å². The minimum atomic E-state index is 0.0277. The average molecular weight is 144 g/mol. The highest BCUT2D eigenvalue weighted by molar-refractivity contribution is 5.54. The molecule has 0 N–H and O–H groups in total. The van der Waals surface area contributed by atoms with Crippen LogP contribution in [0.5, 0.6) is 0 Å². The van der Waals surface area contributed by atoms with Crippen molar-refractivity contribution < 1.29 is 4.42 Å². The van der Waals surface area contributed by atoms with Crippen LogP contribution in [0.2, 0.25) is 0 Å². The molecule has 0 aliphatic carbocycles. The van der Waals surface area contributed by atoms with E-state index in [0.717, 1.165) is 0 Å². The van der Waals surface area contributed by atoms with E-state index in [2.05, 4.69) is 4.85 Å². The molecule has 1 heterocycles. The monoisotopic (exact) mass is 144 g/mol. The van der Waals surface area contributed by atoms with E-state index < -0.39 is 0 Å². The first-order chi connectivity index (χ1) is 5.36. The minimum absolute atomic E-state index is 0.0277. The second-order valence-electron chi connectivity index (χ2n) is 1.77. The van der Waals surface area contributed by atoms with Gasteiger partial charge in [0.2, 0.25) is 0 Å². The zero-order valence-corrected chi connectivity index (χ0v) is 5.61. The molecule has 0 aliphatic heterocycles. The lowest BCUT2D eigenvalue weighted by Gasteiger charge is -1.81. The first-order valence-electron chi connectivity index (χ1n) is 2.89. The molecule has 0 saturated carbocycles. The number of nitrogens with zero attached hydrogens (tertiary/aromatic N) is 2. The molecule has 0 aliphatic rings. The molecular weight excluding hydrogens is 140 g/mol. The Morgan fingerprint density at radius 2 is 2.64 bits per heavy atom. The molecule has 1 aromatic heterocycles. The number of rotatable bonds is 1. The molecule has 1 rings (SSSR count). The molecule has 0 atom stereocenters. The van der Waals surface area contributed by atoms with Crippen LogP contribution in [0.1, 0.15) is 5.76 Å². The van der Waals surface area contributed by atoms with Gasteiger partial charge in [-0.15, -0.1) is 0 Å². The van der Waals surface area contributed by atoms with Crippen molar-refractivity contribution in [3.8, 4) is 6.07 Å². The van der Waals surface area contributed by atoms with E-state index in [4.69, 9.17) is 16.3 Å². The molecular formula is C8H4N2O. The third-order valence-corrected chi connectivity index (χ3v) is 1.06. The first kappa shape index (κ1) is 7.11. The lowest BCUT2D eigenvalue weighted by molar-refractivity contribution is 0.557. The van der Waals surface area contributed by atoms with Gasteiger partial charge in [-0.05, 0) is 18.2 Å². The average Bonchev–Trinajstić information content (AvgIpc) is 2.52. The number of hydrogen-bond acceptors (Lipinski definition) is 2. The minimum Gasteiger partial charge on any atom is -0.466 e. The van der Waals surface area contributed by atoms with Gasteiger partial charge in [0.25, 0.3) is 5.70 Å². The van der Waals surface area contributed by atoms with Gasteiger partial charge >= 0.3 is 0 Å². The molecule has 0 saturated heterocycles. The van der Waals surface area contributed by atoms with E-state index >= 15 is 0 Å². The van der Waals surface area contributed by atoms with Gasteiger partial charge in [-0.2, -0.15) is 0 Å². The van der Waals surface area contributed by atoms with Crippen LogP contribution in [0.3, 0.4) is 0 Å². The van der Waals surface area contributed by atoms with Crippen LogP contribution in [0, 0.1) is 17.9 Å². The Kier molecular flexibility index (Phi) is 2.09. The Hall–Kier alpha value is -2.00. The van der Waals surface area contributed by atoms with Crippen molar-refractivity contribution in [2.24, 2.45) is 0 Å². The number of furan rings is 1. The van der Waals surface area contributed by atoms with Gasteiger partial charge in [0.15, 0.2) is 0 Å². The van der Waals surface area contributed by atoms with Crippen molar-refractivity contribution in [3.63, 3.8) is 0 Å². The van der Waals surface area contributed by atoms with Crippen LogP contribution in [0.15, 0.2) is 28.5 Å². The fraction of sp³-hybridized carbons (Fsp3) is 0. The second kappa shape index (κ2) is 3.24. The standard InChI is InChI=1S/C8H4N2O/c1-10-7(6-9)5-8-3-2-4-11-8/h2-5H/b7-5-. The van der Waals surface area contributed by atoms with E-state index in [1.165, 1.54) is 12.3 Å². The molecule has 3 heteroatoms. The Morgan fingerprint density at radius 3 is 3.09 bits per heavy atom. The maximum Gasteiger partial charge on any atom is 0.265 e. The Morgan fingerprint density at radius 1 is 1.82 bits per heavy atom. The zero-order valence-electron chi connectivity index (χ0n) is 5.61. The van der Waals surface area contributed by atoms with Crippen LogP contribution < -0.4 is 0 Å². The van der Waals surface area contributed by atoms with Crippen LogP contribution >= 0.6 is 0 Å².